The number of hydrogen-bond acceptors (Lipinski definition) is 4. The fourth-order valence-electron chi connectivity index (χ4n) is 2.92. The van der Waals surface area contributed by atoms with Crippen LogP contribution in [0.25, 0.3) is 0 Å². The number of thioether (sulfide) groups is 1. The van der Waals surface area contributed by atoms with Gasteiger partial charge in [0.05, 0.1) is 5.56 Å². The van der Waals surface area contributed by atoms with Gasteiger partial charge in [-0.25, -0.2) is 0 Å². The molecule has 1 saturated heterocycles. The molecule has 1 amide bonds. The Bertz CT molecular complexity index is 664. The lowest BCUT2D eigenvalue weighted by Gasteiger charge is -2.34. The number of benzene rings is 1. The van der Waals surface area contributed by atoms with E-state index >= 15 is 0 Å². The van der Waals surface area contributed by atoms with Crippen molar-refractivity contribution < 1.29 is 4.79 Å². The first kappa shape index (κ1) is 17.5. The molecule has 5 heteroatoms. The van der Waals surface area contributed by atoms with E-state index in [2.05, 4.69) is 35.1 Å². The van der Waals surface area contributed by atoms with Crippen molar-refractivity contribution in [3.05, 3.63) is 52.2 Å². The average Bonchev–Trinajstić information content (AvgIpc) is 3.12. The van der Waals surface area contributed by atoms with Crippen molar-refractivity contribution in [3.63, 3.8) is 0 Å². The molecule has 0 atom stereocenters. The Morgan fingerprint density at radius 1 is 1.25 bits per heavy atom. The van der Waals surface area contributed by atoms with Gasteiger partial charge in [-0.05, 0) is 54.9 Å². The zero-order valence-electron chi connectivity index (χ0n) is 14.0. The van der Waals surface area contributed by atoms with Crippen LogP contribution in [-0.4, -0.2) is 25.5 Å². The summed E-state index contributed by atoms with van der Waals surface area (Å²) < 4.78 is 0. The molecule has 2 aromatic rings. The van der Waals surface area contributed by atoms with Gasteiger partial charge in [0.15, 0.2) is 0 Å². The van der Waals surface area contributed by atoms with Crippen LogP contribution in [0, 0.1) is 5.41 Å². The van der Waals surface area contributed by atoms with E-state index in [9.17, 15) is 4.79 Å². The third-order valence-electron chi connectivity index (χ3n) is 4.57. The minimum absolute atomic E-state index is 0.0454. The van der Waals surface area contributed by atoms with E-state index in [1.54, 1.807) is 23.1 Å². The van der Waals surface area contributed by atoms with Crippen LogP contribution in [0.4, 0.5) is 0 Å². The van der Waals surface area contributed by atoms with Crippen molar-refractivity contribution >= 4 is 29.0 Å². The van der Waals surface area contributed by atoms with Crippen molar-refractivity contribution in [2.75, 3.05) is 19.6 Å². The molecule has 1 aromatic carbocycles. The lowest BCUT2D eigenvalue weighted by molar-refractivity contribution is 0.0919. The predicted molar refractivity (Wildman–Crippen MR) is 103 cm³/mol. The first-order valence-corrected chi connectivity index (χ1v) is 10.3. The van der Waals surface area contributed by atoms with E-state index in [-0.39, 0.29) is 11.3 Å². The molecule has 0 saturated carbocycles. The summed E-state index contributed by atoms with van der Waals surface area (Å²) in [5.41, 5.74) is 0.997. The second-order valence-electron chi connectivity index (χ2n) is 6.61. The van der Waals surface area contributed by atoms with Crippen LogP contribution < -0.4 is 10.6 Å². The largest absolute Gasteiger partial charge is 0.351 e. The number of carbonyl (C=O) groups is 1. The normalized spacial score (nSPS) is 16.7. The lowest BCUT2D eigenvalue weighted by atomic mass is 9.81. The molecule has 128 valence electrons. The van der Waals surface area contributed by atoms with Crippen LogP contribution in [0.5, 0.6) is 0 Å². The summed E-state index contributed by atoms with van der Waals surface area (Å²) in [7, 11) is 0. The maximum atomic E-state index is 12.7. The van der Waals surface area contributed by atoms with E-state index < -0.39 is 0 Å². The first-order chi connectivity index (χ1) is 11.7. The summed E-state index contributed by atoms with van der Waals surface area (Å²) in [6, 6.07) is 12.1. The third-order valence-corrected chi connectivity index (χ3v) is 6.75. The van der Waals surface area contributed by atoms with Crippen LogP contribution in [0.1, 0.15) is 35.0 Å². The molecular weight excluding hydrogens is 336 g/mol. The minimum Gasteiger partial charge on any atom is -0.351 e. The van der Waals surface area contributed by atoms with E-state index in [0.717, 1.165) is 48.7 Å². The SMILES string of the molecule is CC1(CNC(=O)c2ccccc2SCc2cccs2)CCNCC1. The van der Waals surface area contributed by atoms with Gasteiger partial charge in [-0.3, -0.25) is 4.79 Å². The summed E-state index contributed by atoms with van der Waals surface area (Å²) in [4.78, 5) is 15.1. The molecule has 0 aliphatic carbocycles. The van der Waals surface area contributed by atoms with Crippen LogP contribution in [0.2, 0.25) is 0 Å². The van der Waals surface area contributed by atoms with Gasteiger partial charge in [-0.15, -0.1) is 23.1 Å². The number of hydrogen-bond donors (Lipinski definition) is 2. The number of rotatable bonds is 6. The summed E-state index contributed by atoms with van der Waals surface area (Å²) >= 11 is 3.49. The monoisotopic (exact) mass is 360 g/mol. The van der Waals surface area contributed by atoms with E-state index in [4.69, 9.17) is 0 Å². The summed E-state index contributed by atoms with van der Waals surface area (Å²) in [6.07, 6.45) is 2.23. The molecule has 1 aliphatic rings. The average molecular weight is 361 g/mol. The summed E-state index contributed by atoms with van der Waals surface area (Å²) in [5, 5.41) is 8.64. The van der Waals surface area contributed by atoms with Gasteiger partial charge in [0.1, 0.15) is 0 Å². The summed E-state index contributed by atoms with van der Waals surface area (Å²) in [5.74, 6) is 0.953. The van der Waals surface area contributed by atoms with E-state index in [1.165, 1.54) is 4.88 Å². The number of thiophene rings is 1. The van der Waals surface area contributed by atoms with Gasteiger partial charge in [0, 0.05) is 22.1 Å². The molecule has 0 radical (unpaired) electrons. The van der Waals surface area contributed by atoms with Crippen molar-refractivity contribution in [2.45, 2.75) is 30.4 Å². The Balaban J connectivity index is 1.61. The predicted octanol–water partition coefficient (Wildman–Crippen LogP) is 4.16. The molecule has 2 heterocycles. The maximum Gasteiger partial charge on any atom is 0.252 e. The van der Waals surface area contributed by atoms with Crippen LogP contribution in [0.15, 0.2) is 46.7 Å². The highest BCUT2D eigenvalue weighted by molar-refractivity contribution is 7.98. The quantitative estimate of drug-likeness (QED) is 0.760. The van der Waals surface area contributed by atoms with Gasteiger partial charge in [0.2, 0.25) is 0 Å². The molecule has 2 N–H and O–H groups in total. The van der Waals surface area contributed by atoms with Gasteiger partial charge in [-0.2, -0.15) is 0 Å². The molecule has 3 rings (SSSR count). The maximum absolute atomic E-state index is 12.7. The first-order valence-electron chi connectivity index (χ1n) is 8.39. The number of piperidine rings is 1. The highest BCUT2D eigenvalue weighted by Crippen LogP contribution is 2.29. The lowest BCUT2D eigenvalue weighted by Crippen LogP contribution is -2.43. The van der Waals surface area contributed by atoms with Crippen LogP contribution in [0.3, 0.4) is 0 Å². The van der Waals surface area contributed by atoms with Crippen LogP contribution in [-0.2, 0) is 5.75 Å². The highest BCUT2D eigenvalue weighted by atomic mass is 32.2. The van der Waals surface area contributed by atoms with E-state index in [1.807, 2.05) is 24.3 Å². The zero-order valence-corrected chi connectivity index (χ0v) is 15.6. The van der Waals surface area contributed by atoms with Crippen molar-refractivity contribution in [1.29, 1.82) is 0 Å². The Morgan fingerprint density at radius 3 is 2.79 bits per heavy atom. The topological polar surface area (TPSA) is 41.1 Å². The number of carbonyl (C=O) groups excluding carboxylic acids is 1. The number of amides is 1. The van der Waals surface area contributed by atoms with Crippen molar-refractivity contribution in [2.24, 2.45) is 5.41 Å². The second kappa shape index (κ2) is 8.19. The Hall–Kier alpha value is -1.30. The second-order valence-corrected chi connectivity index (χ2v) is 8.66. The molecule has 1 aromatic heterocycles. The van der Waals surface area contributed by atoms with Crippen LogP contribution >= 0.6 is 23.1 Å². The van der Waals surface area contributed by atoms with Gasteiger partial charge < -0.3 is 10.6 Å². The smallest absolute Gasteiger partial charge is 0.252 e. The zero-order chi connectivity index (χ0) is 16.8. The fourth-order valence-corrected chi connectivity index (χ4v) is 4.74. The molecular formula is C19H24N2OS2. The Kier molecular flexibility index (Phi) is 5.98. The Morgan fingerprint density at radius 2 is 2.04 bits per heavy atom. The molecule has 1 aliphatic heterocycles. The van der Waals surface area contributed by atoms with Crippen molar-refractivity contribution in [3.8, 4) is 0 Å². The molecule has 0 unspecified atom stereocenters. The minimum atomic E-state index is 0.0454. The van der Waals surface area contributed by atoms with Gasteiger partial charge in [0.25, 0.3) is 5.91 Å². The van der Waals surface area contributed by atoms with Crippen molar-refractivity contribution in [1.82, 2.24) is 10.6 Å². The fraction of sp³-hybridized carbons (Fsp3) is 0.421. The van der Waals surface area contributed by atoms with E-state index in [0.29, 0.717) is 0 Å². The third kappa shape index (κ3) is 4.62. The molecule has 3 nitrogen and oxygen atoms in total. The molecule has 24 heavy (non-hydrogen) atoms. The molecule has 0 spiro atoms. The highest BCUT2D eigenvalue weighted by Gasteiger charge is 2.27. The van der Waals surface area contributed by atoms with Gasteiger partial charge >= 0.3 is 0 Å². The standard InChI is InChI=1S/C19H24N2OS2/c1-19(8-10-20-11-9-19)14-21-18(22)16-6-2-3-7-17(16)24-13-15-5-4-12-23-15/h2-7,12,20H,8-11,13-14H2,1H3,(H,21,22). The summed E-state index contributed by atoms with van der Waals surface area (Å²) in [6.45, 7) is 5.10. The Labute approximate surface area is 152 Å². The molecule has 0 bridgehead atoms. The number of nitrogens with one attached hydrogen (secondary N) is 2. The van der Waals surface area contributed by atoms with Gasteiger partial charge in [-0.1, -0.05) is 25.1 Å². The molecule has 1 fully saturated rings.